The highest BCUT2D eigenvalue weighted by molar-refractivity contribution is 5.56. The predicted molar refractivity (Wildman–Crippen MR) is 78.1 cm³/mol. The molecule has 0 aromatic heterocycles. The maximum Gasteiger partial charge on any atom is 0.124 e. The minimum absolute atomic E-state index is 0.246. The van der Waals surface area contributed by atoms with Gasteiger partial charge < -0.3 is 20.1 Å². The normalized spacial score (nSPS) is 23.3. The first-order valence-corrected chi connectivity index (χ1v) is 6.89. The molecule has 4 heteroatoms. The maximum atomic E-state index is 6.17. The van der Waals surface area contributed by atoms with Crippen LogP contribution >= 0.6 is 0 Å². The van der Waals surface area contributed by atoms with Crippen molar-refractivity contribution >= 4 is 5.69 Å². The van der Waals surface area contributed by atoms with Gasteiger partial charge in [-0.2, -0.15) is 0 Å². The van der Waals surface area contributed by atoms with Crippen molar-refractivity contribution in [2.24, 2.45) is 11.7 Å². The largest absolute Gasteiger partial charge is 0.497 e. The van der Waals surface area contributed by atoms with Crippen molar-refractivity contribution in [2.75, 3.05) is 32.2 Å². The average Bonchev–Trinajstić information content (AvgIpc) is 2.45. The van der Waals surface area contributed by atoms with Gasteiger partial charge in [-0.05, 0) is 12.3 Å². The number of methoxy groups -OCH3 is 2. The van der Waals surface area contributed by atoms with E-state index >= 15 is 0 Å². The van der Waals surface area contributed by atoms with E-state index in [2.05, 4.69) is 11.8 Å². The molecule has 4 nitrogen and oxygen atoms in total. The summed E-state index contributed by atoms with van der Waals surface area (Å²) in [5.74, 6) is 2.31. The van der Waals surface area contributed by atoms with Gasteiger partial charge in [-0.25, -0.2) is 0 Å². The molecule has 1 fully saturated rings. The summed E-state index contributed by atoms with van der Waals surface area (Å²) in [5.41, 5.74) is 7.29. The molecule has 0 aliphatic carbocycles. The number of hydrogen-bond acceptors (Lipinski definition) is 4. The van der Waals surface area contributed by atoms with Gasteiger partial charge in [-0.15, -0.1) is 0 Å². The molecular formula is C15H24N2O2. The SMILES string of the molecule is CCC1CC(N)CN(c2cc(OC)cc(OC)c2)C1. The summed E-state index contributed by atoms with van der Waals surface area (Å²) < 4.78 is 10.7. The van der Waals surface area contributed by atoms with Crippen LogP contribution in [0.25, 0.3) is 0 Å². The van der Waals surface area contributed by atoms with Crippen molar-refractivity contribution in [3.63, 3.8) is 0 Å². The van der Waals surface area contributed by atoms with Crippen LogP contribution in [0.5, 0.6) is 11.5 Å². The van der Waals surface area contributed by atoms with Crippen molar-refractivity contribution in [3.05, 3.63) is 18.2 Å². The Balaban J connectivity index is 2.24. The van der Waals surface area contributed by atoms with Gasteiger partial charge in [0.1, 0.15) is 11.5 Å². The molecule has 1 saturated heterocycles. The van der Waals surface area contributed by atoms with Crippen molar-refractivity contribution < 1.29 is 9.47 Å². The monoisotopic (exact) mass is 264 g/mol. The van der Waals surface area contributed by atoms with Crippen LogP contribution in [-0.2, 0) is 0 Å². The topological polar surface area (TPSA) is 47.7 Å². The summed E-state index contributed by atoms with van der Waals surface area (Å²) in [5, 5.41) is 0. The second-order valence-corrected chi connectivity index (χ2v) is 5.25. The number of piperidine rings is 1. The molecular weight excluding hydrogens is 240 g/mol. The molecule has 1 aromatic rings. The van der Waals surface area contributed by atoms with E-state index < -0.39 is 0 Å². The van der Waals surface area contributed by atoms with Gasteiger partial charge in [-0.1, -0.05) is 13.3 Å². The molecule has 0 radical (unpaired) electrons. The number of benzene rings is 1. The first kappa shape index (κ1) is 14.0. The third kappa shape index (κ3) is 3.32. The van der Waals surface area contributed by atoms with Crippen LogP contribution in [0.2, 0.25) is 0 Å². The third-order valence-electron chi connectivity index (χ3n) is 3.85. The Kier molecular flexibility index (Phi) is 4.53. The summed E-state index contributed by atoms with van der Waals surface area (Å²) in [7, 11) is 3.35. The first-order chi connectivity index (χ1) is 9.16. The fourth-order valence-electron chi connectivity index (χ4n) is 2.73. The van der Waals surface area contributed by atoms with E-state index in [1.807, 2.05) is 18.2 Å². The lowest BCUT2D eigenvalue weighted by atomic mass is 9.92. The molecule has 2 unspecified atom stereocenters. The molecule has 2 atom stereocenters. The van der Waals surface area contributed by atoms with Crippen LogP contribution in [0.4, 0.5) is 5.69 Å². The number of nitrogens with zero attached hydrogens (tertiary/aromatic N) is 1. The Bertz CT molecular complexity index is 400. The van der Waals surface area contributed by atoms with E-state index in [0.29, 0.717) is 5.92 Å². The Morgan fingerprint density at radius 3 is 2.32 bits per heavy atom. The lowest BCUT2D eigenvalue weighted by Crippen LogP contribution is -2.47. The fourth-order valence-corrected chi connectivity index (χ4v) is 2.73. The summed E-state index contributed by atoms with van der Waals surface area (Å²) in [6.45, 7) is 4.18. The van der Waals surface area contributed by atoms with Gasteiger partial charge in [0.25, 0.3) is 0 Å². The fraction of sp³-hybridized carbons (Fsp3) is 0.600. The zero-order chi connectivity index (χ0) is 13.8. The number of hydrogen-bond donors (Lipinski definition) is 1. The summed E-state index contributed by atoms with van der Waals surface area (Å²) >= 11 is 0. The number of rotatable bonds is 4. The van der Waals surface area contributed by atoms with Crippen molar-refractivity contribution in [1.29, 1.82) is 0 Å². The Morgan fingerprint density at radius 2 is 1.79 bits per heavy atom. The molecule has 1 aliphatic rings. The van der Waals surface area contributed by atoms with Crippen LogP contribution in [-0.4, -0.2) is 33.4 Å². The molecule has 0 bridgehead atoms. The van der Waals surface area contributed by atoms with E-state index in [1.54, 1.807) is 14.2 Å². The molecule has 0 amide bonds. The van der Waals surface area contributed by atoms with Gasteiger partial charge in [0.2, 0.25) is 0 Å². The smallest absolute Gasteiger partial charge is 0.124 e. The van der Waals surface area contributed by atoms with Crippen LogP contribution in [0.3, 0.4) is 0 Å². The zero-order valence-electron chi connectivity index (χ0n) is 12.1. The number of ether oxygens (including phenoxy) is 2. The summed E-state index contributed by atoms with van der Waals surface area (Å²) in [4.78, 5) is 2.34. The lowest BCUT2D eigenvalue weighted by molar-refractivity contribution is 0.365. The molecule has 106 valence electrons. The van der Waals surface area contributed by atoms with Gasteiger partial charge in [0.05, 0.1) is 14.2 Å². The number of anilines is 1. The van der Waals surface area contributed by atoms with Crippen molar-refractivity contribution in [3.8, 4) is 11.5 Å². The number of nitrogens with two attached hydrogens (primary N) is 1. The summed E-state index contributed by atoms with van der Waals surface area (Å²) in [6, 6.07) is 6.24. The van der Waals surface area contributed by atoms with Gasteiger partial charge in [-0.3, -0.25) is 0 Å². The maximum absolute atomic E-state index is 6.17. The van der Waals surface area contributed by atoms with Crippen molar-refractivity contribution in [2.45, 2.75) is 25.8 Å². The Labute approximate surface area is 115 Å². The summed E-state index contributed by atoms with van der Waals surface area (Å²) in [6.07, 6.45) is 2.29. The van der Waals surface area contributed by atoms with E-state index in [9.17, 15) is 0 Å². The van der Waals surface area contributed by atoms with Gasteiger partial charge >= 0.3 is 0 Å². The second-order valence-electron chi connectivity index (χ2n) is 5.25. The average molecular weight is 264 g/mol. The molecule has 1 heterocycles. The minimum atomic E-state index is 0.246. The molecule has 1 aliphatic heterocycles. The zero-order valence-corrected chi connectivity index (χ0v) is 12.1. The molecule has 19 heavy (non-hydrogen) atoms. The highest BCUT2D eigenvalue weighted by Crippen LogP contribution is 2.31. The quantitative estimate of drug-likeness (QED) is 0.906. The van der Waals surface area contributed by atoms with Crippen LogP contribution < -0.4 is 20.1 Å². The van der Waals surface area contributed by atoms with E-state index in [4.69, 9.17) is 15.2 Å². The van der Waals surface area contributed by atoms with Crippen LogP contribution in [0, 0.1) is 5.92 Å². The molecule has 2 rings (SSSR count). The highest BCUT2D eigenvalue weighted by atomic mass is 16.5. The van der Waals surface area contributed by atoms with E-state index in [0.717, 1.165) is 36.7 Å². The molecule has 1 aromatic carbocycles. The van der Waals surface area contributed by atoms with Crippen LogP contribution in [0.15, 0.2) is 18.2 Å². The van der Waals surface area contributed by atoms with E-state index in [-0.39, 0.29) is 6.04 Å². The molecule has 0 saturated carbocycles. The lowest BCUT2D eigenvalue weighted by Gasteiger charge is -2.37. The third-order valence-corrected chi connectivity index (χ3v) is 3.85. The van der Waals surface area contributed by atoms with Crippen LogP contribution in [0.1, 0.15) is 19.8 Å². The second kappa shape index (κ2) is 6.15. The van der Waals surface area contributed by atoms with E-state index in [1.165, 1.54) is 6.42 Å². The molecule has 2 N–H and O–H groups in total. The van der Waals surface area contributed by atoms with Gasteiger partial charge in [0, 0.05) is 43.0 Å². The van der Waals surface area contributed by atoms with Crippen molar-refractivity contribution in [1.82, 2.24) is 0 Å². The standard InChI is InChI=1S/C15H24N2O2/c1-4-11-5-12(16)10-17(9-11)13-6-14(18-2)8-15(7-13)19-3/h6-8,11-12H,4-5,9-10,16H2,1-3H3. The van der Waals surface area contributed by atoms with Gasteiger partial charge in [0.15, 0.2) is 0 Å². The highest BCUT2D eigenvalue weighted by Gasteiger charge is 2.24. The molecule has 0 spiro atoms. The first-order valence-electron chi connectivity index (χ1n) is 6.89. The predicted octanol–water partition coefficient (Wildman–Crippen LogP) is 2.27. The Hall–Kier alpha value is -1.42. The Morgan fingerprint density at radius 1 is 1.16 bits per heavy atom. The minimum Gasteiger partial charge on any atom is -0.497 e.